The van der Waals surface area contributed by atoms with Crippen molar-refractivity contribution in [2.75, 3.05) is 13.2 Å². The normalized spacial score (nSPS) is 11.8. The maximum absolute atomic E-state index is 13.3. The quantitative estimate of drug-likeness (QED) is 0.608. The number of hydrogen-bond acceptors (Lipinski definition) is 3. The van der Waals surface area contributed by atoms with Crippen LogP contribution >= 0.6 is 0 Å². The van der Waals surface area contributed by atoms with E-state index in [1.807, 2.05) is 77.9 Å². The van der Waals surface area contributed by atoms with Crippen LogP contribution in [0, 0.1) is 26.7 Å². The van der Waals surface area contributed by atoms with Gasteiger partial charge in [-0.1, -0.05) is 57.2 Å². The molecule has 2 amide bonds. The lowest BCUT2D eigenvalue weighted by atomic mass is 10.1. The zero-order valence-corrected chi connectivity index (χ0v) is 19.7. The van der Waals surface area contributed by atoms with Gasteiger partial charge in [-0.15, -0.1) is 0 Å². The maximum atomic E-state index is 13.3. The minimum absolute atomic E-state index is 0.107. The Kier molecular flexibility index (Phi) is 9.10. The van der Waals surface area contributed by atoms with Crippen LogP contribution in [0.3, 0.4) is 0 Å². The zero-order chi connectivity index (χ0) is 23.0. The molecule has 0 spiro atoms. The molecule has 1 atom stereocenters. The molecule has 0 aliphatic heterocycles. The van der Waals surface area contributed by atoms with Gasteiger partial charge in [-0.05, 0) is 61.4 Å². The first-order valence-electron chi connectivity index (χ1n) is 11.0. The van der Waals surface area contributed by atoms with E-state index in [9.17, 15) is 9.59 Å². The number of ether oxygens (including phenoxy) is 1. The van der Waals surface area contributed by atoms with Crippen molar-refractivity contribution in [1.29, 1.82) is 0 Å². The fraction of sp³-hybridized carbons (Fsp3) is 0.462. The van der Waals surface area contributed by atoms with Crippen LogP contribution in [0.1, 0.15) is 49.4 Å². The van der Waals surface area contributed by atoms with Gasteiger partial charge < -0.3 is 15.0 Å². The number of aryl methyl sites for hydroxylation is 2. The van der Waals surface area contributed by atoms with Crippen LogP contribution in [0.2, 0.25) is 0 Å². The van der Waals surface area contributed by atoms with Crippen LogP contribution in [0.25, 0.3) is 0 Å². The van der Waals surface area contributed by atoms with E-state index in [0.717, 1.165) is 22.3 Å². The Morgan fingerprint density at radius 2 is 1.74 bits per heavy atom. The third-order valence-corrected chi connectivity index (χ3v) is 5.38. The first-order valence-corrected chi connectivity index (χ1v) is 11.0. The van der Waals surface area contributed by atoms with Gasteiger partial charge in [0.25, 0.3) is 5.91 Å². The molecule has 0 aliphatic carbocycles. The summed E-state index contributed by atoms with van der Waals surface area (Å²) in [4.78, 5) is 27.8. The summed E-state index contributed by atoms with van der Waals surface area (Å²) >= 11 is 0. The van der Waals surface area contributed by atoms with Crippen LogP contribution < -0.4 is 10.1 Å². The van der Waals surface area contributed by atoms with Crippen molar-refractivity contribution in [3.63, 3.8) is 0 Å². The molecule has 0 saturated heterocycles. The Morgan fingerprint density at radius 3 is 2.35 bits per heavy atom. The fourth-order valence-electron chi connectivity index (χ4n) is 3.50. The lowest BCUT2D eigenvalue weighted by Gasteiger charge is -2.31. The van der Waals surface area contributed by atoms with E-state index in [2.05, 4.69) is 11.4 Å². The predicted molar refractivity (Wildman–Crippen MR) is 125 cm³/mol. The summed E-state index contributed by atoms with van der Waals surface area (Å²) in [5.74, 6) is 0.732. The van der Waals surface area contributed by atoms with Crippen LogP contribution in [0.5, 0.6) is 5.75 Å². The molecule has 0 unspecified atom stereocenters. The van der Waals surface area contributed by atoms with E-state index >= 15 is 0 Å². The van der Waals surface area contributed by atoms with Crippen molar-refractivity contribution in [1.82, 2.24) is 10.2 Å². The van der Waals surface area contributed by atoms with E-state index < -0.39 is 6.04 Å². The first kappa shape index (κ1) is 24.4. The number of nitrogens with zero attached hydrogens (tertiary/aromatic N) is 1. The van der Waals surface area contributed by atoms with Crippen LogP contribution in [0.4, 0.5) is 0 Å². The summed E-state index contributed by atoms with van der Waals surface area (Å²) in [6.45, 7) is 12.9. The van der Waals surface area contributed by atoms with Gasteiger partial charge in [0.05, 0.1) is 0 Å². The topological polar surface area (TPSA) is 58.6 Å². The molecule has 0 saturated carbocycles. The number of nitrogens with one attached hydrogen (secondary N) is 1. The van der Waals surface area contributed by atoms with Gasteiger partial charge in [0.15, 0.2) is 6.61 Å². The van der Waals surface area contributed by atoms with Crippen molar-refractivity contribution >= 4 is 11.8 Å². The zero-order valence-electron chi connectivity index (χ0n) is 19.7. The number of carbonyl (C=O) groups is 2. The third kappa shape index (κ3) is 7.12. The van der Waals surface area contributed by atoms with E-state index in [0.29, 0.717) is 31.2 Å². The van der Waals surface area contributed by atoms with Gasteiger partial charge in [0.2, 0.25) is 5.91 Å². The molecule has 0 radical (unpaired) electrons. The number of benzene rings is 2. The molecular formula is C26H36N2O3. The molecule has 0 aliphatic rings. The average molecular weight is 425 g/mol. The Hall–Kier alpha value is -2.82. The summed E-state index contributed by atoms with van der Waals surface area (Å²) in [6, 6.07) is 13.2. The molecule has 5 nitrogen and oxygen atoms in total. The SMILES string of the molecule is CC[C@H](C(=O)NCC(C)C)N(Cc1ccccc1)C(=O)COc1cc(C)cc(C)c1C. The van der Waals surface area contributed by atoms with Gasteiger partial charge in [0, 0.05) is 13.1 Å². The molecule has 2 aromatic carbocycles. The first-order chi connectivity index (χ1) is 14.7. The highest BCUT2D eigenvalue weighted by Crippen LogP contribution is 2.23. The van der Waals surface area contributed by atoms with Crippen molar-refractivity contribution in [3.05, 3.63) is 64.7 Å². The lowest BCUT2D eigenvalue weighted by molar-refractivity contribution is -0.143. The Balaban J connectivity index is 2.22. The minimum Gasteiger partial charge on any atom is -0.483 e. The molecule has 0 fully saturated rings. The molecule has 1 N–H and O–H groups in total. The second-order valence-electron chi connectivity index (χ2n) is 8.56. The number of rotatable bonds is 10. The van der Waals surface area contributed by atoms with Gasteiger partial charge in [-0.3, -0.25) is 9.59 Å². The van der Waals surface area contributed by atoms with Crippen molar-refractivity contribution in [2.24, 2.45) is 5.92 Å². The highest BCUT2D eigenvalue weighted by molar-refractivity contribution is 5.88. The number of hydrogen-bond donors (Lipinski definition) is 1. The van der Waals surface area contributed by atoms with Gasteiger partial charge in [-0.2, -0.15) is 0 Å². The predicted octanol–water partition coefficient (Wildman–Crippen LogP) is 4.57. The Morgan fingerprint density at radius 1 is 1.06 bits per heavy atom. The van der Waals surface area contributed by atoms with Crippen LogP contribution in [-0.4, -0.2) is 35.9 Å². The van der Waals surface area contributed by atoms with E-state index in [4.69, 9.17) is 4.74 Å². The van der Waals surface area contributed by atoms with Gasteiger partial charge >= 0.3 is 0 Å². The molecule has 2 rings (SSSR count). The molecule has 0 bridgehead atoms. The van der Waals surface area contributed by atoms with E-state index in [1.165, 1.54) is 0 Å². The largest absolute Gasteiger partial charge is 0.483 e. The standard InChI is InChI=1S/C26H36N2O3/c1-7-23(26(30)27-15-18(2)3)28(16-22-11-9-8-10-12-22)25(29)17-31-24-14-19(4)13-20(5)21(24)6/h8-14,18,23H,7,15-17H2,1-6H3,(H,27,30)/t23-/m1/s1. The summed E-state index contributed by atoms with van der Waals surface area (Å²) in [5.41, 5.74) is 4.22. The van der Waals surface area contributed by atoms with E-state index in [1.54, 1.807) is 4.90 Å². The molecule has 0 aromatic heterocycles. The molecule has 2 aromatic rings. The monoisotopic (exact) mass is 424 g/mol. The maximum Gasteiger partial charge on any atom is 0.261 e. The highest BCUT2D eigenvalue weighted by atomic mass is 16.5. The molecule has 5 heteroatoms. The second kappa shape index (κ2) is 11.5. The average Bonchev–Trinajstić information content (AvgIpc) is 2.74. The Bertz CT molecular complexity index is 878. The fourth-order valence-corrected chi connectivity index (χ4v) is 3.50. The summed E-state index contributed by atoms with van der Waals surface area (Å²) in [5, 5.41) is 2.98. The van der Waals surface area contributed by atoms with E-state index in [-0.39, 0.29) is 18.4 Å². The molecule has 0 heterocycles. The number of amides is 2. The smallest absolute Gasteiger partial charge is 0.261 e. The second-order valence-corrected chi connectivity index (χ2v) is 8.56. The molecule has 31 heavy (non-hydrogen) atoms. The Labute approximate surface area is 186 Å². The lowest BCUT2D eigenvalue weighted by Crippen LogP contribution is -2.50. The highest BCUT2D eigenvalue weighted by Gasteiger charge is 2.29. The summed E-state index contributed by atoms with van der Waals surface area (Å²) < 4.78 is 5.93. The van der Waals surface area contributed by atoms with Crippen LogP contribution in [0.15, 0.2) is 42.5 Å². The van der Waals surface area contributed by atoms with Crippen molar-refractivity contribution < 1.29 is 14.3 Å². The minimum atomic E-state index is -0.546. The summed E-state index contributed by atoms with van der Waals surface area (Å²) in [7, 11) is 0. The molecule has 168 valence electrons. The molecular weight excluding hydrogens is 388 g/mol. The van der Waals surface area contributed by atoms with Crippen molar-refractivity contribution in [2.45, 2.75) is 60.5 Å². The van der Waals surface area contributed by atoms with Crippen LogP contribution in [-0.2, 0) is 16.1 Å². The van der Waals surface area contributed by atoms with Crippen molar-refractivity contribution in [3.8, 4) is 5.75 Å². The van der Waals surface area contributed by atoms with Gasteiger partial charge in [-0.25, -0.2) is 0 Å². The summed E-state index contributed by atoms with van der Waals surface area (Å²) in [6.07, 6.45) is 0.533. The third-order valence-electron chi connectivity index (χ3n) is 5.38. The number of carbonyl (C=O) groups excluding carboxylic acids is 2. The van der Waals surface area contributed by atoms with Gasteiger partial charge in [0.1, 0.15) is 11.8 Å².